The lowest BCUT2D eigenvalue weighted by atomic mass is 9.93. The van der Waals surface area contributed by atoms with E-state index in [1.54, 1.807) is 0 Å². The highest BCUT2D eigenvalue weighted by molar-refractivity contribution is 6.31. The molecule has 4 nitrogen and oxygen atoms in total. The Bertz CT molecular complexity index is 734. The molecule has 2 aromatic rings. The van der Waals surface area contributed by atoms with Gasteiger partial charge in [-0.15, -0.1) is 0 Å². The maximum absolute atomic E-state index is 12.9. The minimum absolute atomic E-state index is 0.00362. The van der Waals surface area contributed by atoms with E-state index in [2.05, 4.69) is 14.5 Å². The zero-order chi connectivity index (χ0) is 18.5. The Balaban J connectivity index is 1.80. The van der Waals surface area contributed by atoms with Crippen LogP contribution in [-0.4, -0.2) is 26.4 Å². The van der Waals surface area contributed by atoms with Gasteiger partial charge in [-0.25, -0.2) is 4.98 Å². The lowest BCUT2D eigenvalue weighted by Gasteiger charge is -2.35. The van der Waals surface area contributed by atoms with E-state index < -0.39 is 0 Å². The van der Waals surface area contributed by atoms with E-state index in [1.807, 2.05) is 50.5 Å². The smallest absolute Gasteiger partial charge is 0.225 e. The van der Waals surface area contributed by atoms with Crippen LogP contribution in [0.2, 0.25) is 5.02 Å². The molecular formula is C21H28ClN3O. The number of benzene rings is 1. The molecule has 1 aromatic heterocycles. The van der Waals surface area contributed by atoms with E-state index in [9.17, 15) is 4.79 Å². The van der Waals surface area contributed by atoms with E-state index in [1.165, 1.54) is 19.3 Å². The van der Waals surface area contributed by atoms with Crippen molar-refractivity contribution in [1.82, 2.24) is 14.5 Å². The molecule has 0 saturated heterocycles. The number of nitrogens with zero attached hydrogens (tertiary/aromatic N) is 3. The van der Waals surface area contributed by atoms with Gasteiger partial charge in [0.1, 0.15) is 5.82 Å². The Labute approximate surface area is 161 Å². The average Bonchev–Trinajstić information content (AvgIpc) is 3.08. The molecule has 140 valence electrons. The van der Waals surface area contributed by atoms with Gasteiger partial charge in [0.25, 0.3) is 0 Å². The highest BCUT2D eigenvalue weighted by Crippen LogP contribution is 2.26. The summed E-state index contributed by atoms with van der Waals surface area (Å²) >= 11 is 6.31. The van der Waals surface area contributed by atoms with Crippen molar-refractivity contribution in [2.75, 3.05) is 0 Å². The van der Waals surface area contributed by atoms with Crippen LogP contribution in [0.4, 0.5) is 0 Å². The summed E-state index contributed by atoms with van der Waals surface area (Å²) in [5, 5.41) is 0.759. The average molecular weight is 374 g/mol. The predicted molar refractivity (Wildman–Crippen MR) is 105 cm³/mol. The first kappa shape index (κ1) is 19.0. The first-order valence-corrected chi connectivity index (χ1v) is 9.98. The second-order valence-electron chi connectivity index (χ2n) is 7.48. The summed E-state index contributed by atoms with van der Waals surface area (Å²) in [6, 6.07) is 8.21. The number of halogens is 1. The molecule has 1 heterocycles. The number of amides is 1. The van der Waals surface area contributed by atoms with Crippen molar-refractivity contribution in [1.29, 1.82) is 0 Å². The van der Waals surface area contributed by atoms with Gasteiger partial charge in [0.05, 0.1) is 13.1 Å². The first-order valence-electron chi connectivity index (χ1n) is 9.60. The molecule has 1 aliphatic rings. The minimum atomic E-state index is 0.00362. The van der Waals surface area contributed by atoms with Gasteiger partial charge in [0.2, 0.25) is 5.91 Å². The number of rotatable bonds is 6. The molecule has 0 radical (unpaired) electrons. The molecule has 0 N–H and O–H groups in total. The molecule has 5 heteroatoms. The fourth-order valence-corrected chi connectivity index (χ4v) is 3.90. The standard InChI is InChI=1S/C21H28ClN3O/c1-16(2)21(26)25(18-9-4-3-5-10-18)15-20-23-12-13-24(20)14-17-8-6-7-11-19(17)22/h6-8,11-13,16,18H,3-5,9-10,14-15H2,1-2H3. The SMILES string of the molecule is CC(C)C(=O)N(Cc1nccn1Cc1ccccc1Cl)C1CCCCC1. The molecule has 0 spiro atoms. The summed E-state index contributed by atoms with van der Waals surface area (Å²) in [5.41, 5.74) is 1.06. The van der Waals surface area contributed by atoms with Crippen LogP contribution in [0, 0.1) is 5.92 Å². The van der Waals surface area contributed by atoms with Gasteiger partial charge in [-0.2, -0.15) is 0 Å². The highest BCUT2D eigenvalue weighted by atomic mass is 35.5. The fourth-order valence-electron chi connectivity index (χ4n) is 3.71. The van der Waals surface area contributed by atoms with E-state index >= 15 is 0 Å². The zero-order valence-electron chi connectivity index (χ0n) is 15.7. The quantitative estimate of drug-likeness (QED) is 0.722. The molecule has 1 fully saturated rings. The maximum atomic E-state index is 12.9. The summed E-state index contributed by atoms with van der Waals surface area (Å²) in [7, 11) is 0. The van der Waals surface area contributed by atoms with Gasteiger partial charge in [-0.3, -0.25) is 4.79 Å². The number of aromatic nitrogens is 2. The Kier molecular flexibility index (Phi) is 6.36. The maximum Gasteiger partial charge on any atom is 0.225 e. The van der Waals surface area contributed by atoms with Crippen LogP contribution in [0.1, 0.15) is 57.3 Å². The van der Waals surface area contributed by atoms with Crippen molar-refractivity contribution in [3.05, 3.63) is 53.1 Å². The molecule has 26 heavy (non-hydrogen) atoms. The predicted octanol–water partition coefficient (Wildman–Crippen LogP) is 4.90. The van der Waals surface area contributed by atoms with Crippen molar-refractivity contribution < 1.29 is 4.79 Å². The number of hydrogen-bond acceptors (Lipinski definition) is 2. The molecule has 0 unspecified atom stereocenters. The molecule has 0 atom stereocenters. The molecule has 0 bridgehead atoms. The van der Waals surface area contributed by atoms with Gasteiger partial charge in [-0.05, 0) is 24.5 Å². The highest BCUT2D eigenvalue weighted by Gasteiger charge is 2.28. The van der Waals surface area contributed by atoms with Crippen molar-refractivity contribution in [3.8, 4) is 0 Å². The summed E-state index contributed by atoms with van der Waals surface area (Å²) < 4.78 is 2.10. The lowest BCUT2D eigenvalue weighted by molar-refractivity contribution is -0.138. The number of hydrogen-bond donors (Lipinski definition) is 0. The van der Waals surface area contributed by atoms with Crippen LogP contribution < -0.4 is 0 Å². The second-order valence-corrected chi connectivity index (χ2v) is 7.88. The molecule has 1 amide bonds. The van der Waals surface area contributed by atoms with Crippen molar-refractivity contribution in [3.63, 3.8) is 0 Å². The van der Waals surface area contributed by atoms with Gasteiger partial charge in [0.15, 0.2) is 0 Å². The van der Waals surface area contributed by atoms with E-state index in [4.69, 9.17) is 11.6 Å². The minimum Gasteiger partial charge on any atom is -0.332 e. The van der Waals surface area contributed by atoms with Crippen LogP contribution in [0.25, 0.3) is 0 Å². The van der Waals surface area contributed by atoms with Gasteiger partial charge in [-0.1, -0.05) is 62.9 Å². The summed E-state index contributed by atoms with van der Waals surface area (Å²) in [5.74, 6) is 1.15. The molecular weight excluding hydrogens is 346 g/mol. The van der Waals surface area contributed by atoms with Crippen LogP contribution in [-0.2, 0) is 17.9 Å². The Morgan fingerprint density at radius 1 is 1.27 bits per heavy atom. The fraction of sp³-hybridized carbons (Fsp3) is 0.524. The monoisotopic (exact) mass is 373 g/mol. The molecule has 1 saturated carbocycles. The van der Waals surface area contributed by atoms with E-state index in [-0.39, 0.29) is 11.8 Å². The van der Waals surface area contributed by atoms with Crippen LogP contribution in [0.15, 0.2) is 36.7 Å². The third kappa shape index (κ3) is 4.47. The molecule has 3 rings (SSSR count). The number of carbonyl (C=O) groups is 1. The van der Waals surface area contributed by atoms with Crippen LogP contribution >= 0.6 is 11.6 Å². The van der Waals surface area contributed by atoms with E-state index in [0.717, 1.165) is 29.3 Å². The van der Waals surface area contributed by atoms with Crippen LogP contribution in [0.3, 0.4) is 0 Å². The Morgan fingerprint density at radius 2 is 2.00 bits per heavy atom. The molecule has 0 aliphatic heterocycles. The zero-order valence-corrected chi connectivity index (χ0v) is 16.5. The van der Waals surface area contributed by atoms with E-state index in [0.29, 0.717) is 19.1 Å². The number of carbonyl (C=O) groups excluding carboxylic acids is 1. The topological polar surface area (TPSA) is 38.1 Å². The van der Waals surface area contributed by atoms with Gasteiger partial charge < -0.3 is 9.47 Å². The van der Waals surface area contributed by atoms with Crippen molar-refractivity contribution in [2.45, 2.75) is 65.1 Å². The lowest BCUT2D eigenvalue weighted by Crippen LogP contribution is -2.43. The third-order valence-electron chi connectivity index (χ3n) is 5.20. The summed E-state index contributed by atoms with van der Waals surface area (Å²) in [6.45, 7) is 5.20. The Hall–Kier alpha value is -1.81. The Morgan fingerprint density at radius 3 is 2.69 bits per heavy atom. The van der Waals surface area contributed by atoms with Gasteiger partial charge in [0, 0.05) is 29.4 Å². The van der Waals surface area contributed by atoms with Crippen molar-refractivity contribution >= 4 is 17.5 Å². The summed E-state index contributed by atoms with van der Waals surface area (Å²) in [4.78, 5) is 19.5. The summed E-state index contributed by atoms with van der Waals surface area (Å²) in [6.07, 6.45) is 9.68. The second kappa shape index (κ2) is 8.72. The molecule has 1 aliphatic carbocycles. The third-order valence-corrected chi connectivity index (χ3v) is 5.57. The first-order chi connectivity index (χ1) is 12.6. The molecule has 1 aromatic carbocycles. The normalized spacial score (nSPS) is 15.4. The van der Waals surface area contributed by atoms with Crippen LogP contribution in [0.5, 0.6) is 0 Å². The largest absolute Gasteiger partial charge is 0.332 e. The van der Waals surface area contributed by atoms with Crippen molar-refractivity contribution in [2.24, 2.45) is 5.92 Å². The number of imidazole rings is 1. The van der Waals surface area contributed by atoms with Gasteiger partial charge >= 0.3 is 0 Å².